The van der Waals surface area contributed by atoms with Gasteiger partial charge in [-0.3, -0.25) is 19.7 Å². The molecule has 2 atom stereocenters. The molecule has 178 valence electrons. The molecule has 2 unspecified atom stereocenters. The number of amides is 1. The third-order valence-corrected chi connectivity index (χ3v) is 11.3. The molecule has 1 saturated heterocycles. The predicted molar refractivity (Wildman–Crippen MR) is 125 cm³/mol. The van der Waals surface area contributed by atoms with E-state index in [0.717, 1.165) is 5.56 Å². The van der Waals surface area contributed by atoms with Crippen molar-refractivity contribution in [3.05, 3.63) is 39.9 Å². The first-order chi connectivity index (χ1) is 14.8. The van der Waals surface area contributed by atoms with E-state index in [1.54, 1.807) is 12.1 Å². The Balaban J connectivity index is 2.12. The molecule has 32 heavy (non-hydrogen) atoms. The summed E-state index contributed by atoms with van der Waals surface area (Å²) in [6.45, 7) is 12.6. The van der Waals surface area contributed by atoms with Crippen LogP contribution in [0, 0.1) is 16.0 Å². The van der Waals surface area contributed by atoms with Gasteiger partial charge >= 0.3 is 5.97 Å². The van der Waals surface area contributed by atoms with Gasteiger partial charge in [0.05, 0.1) is 4.92 Å². The Morgan fingerprint density at radius 1 is 1.16 bits per heavy atom. The third-order valence-electron chi connectivity index (χ3n) is 6.82. The molecule has 0 aliphatic carbocycles. The fraction of sp³-hybridized carbons (Fsp3) is 0.652. The molecule has 1 aliphatic rings. The Labute approximate surface area is 191 Å². The molecule has 0 spiro atoms. The molecule has 1 heterocycles. The van der Waals surface area contributed by atoms with E-state index in [2.05, 4.69) is 33.9 Å². The average molecular weight is 465 g/mol. The molecule has 2 rings (SSSR count). The van der Waals surface area contributed by atoms with E-state index < -0.39 is 19.2 Å². The van der Waals surface area contributed by atoms with Crippen LogP contribution < -0.4 is 0 Å². The third kappa shape index (κ3) is 6.87. The first-order valence-electron chi connectivity index (χ1n) is 11.2. The van der Waals surface area contributed by atoms with Crippen molar-refractivity contribution < 1.29 is 24.0 Å². The Hall–Kier alpha value is -2.26. The van der Waals surface area contributed by atoms with Crippen LogP contribution in [-0.2, 0) is 14.0 Å². The van der Waals surface area contributed by atoms with Crippen molar-refractivity contribution in [2.45, 2.75) is 70.5 Å². The van der Waals surface area contributed by atoms with E-state index >= 15 is 0 Å². The fourth-order valence-corrected chi connectivity index (χ4v) is 4.77. The maximum absolute atomic E-state index is 12.8. The molecule has 9 heteroatoms. The summed E-state index contributed by atoms with van der Waals surface area (Å²) in [6.07, 6.45) is 1.44. The zero-order chi connectivity index (χ0) is 24.1. The Kier molecular flexibility index (Phi) is 8.58. The lowest BCUT2D eigenvalue weighted by molar-refractivity contribution is -0.384. The Morgan fingerprint density at radius 3 is 2.28 bits per heavy atom. The summed E-state index contributed by atoms with van der Waals surface area (Å²) in [4.78, 5) is 35.9. The van der Waals surface area contributed by atoms with Crippen molar-refractivity contribution in [2.24, 2.45) is 5.92 Å². The highest BCUT2D eigenvalue weighted by atomic mass is 28.4. The maximum atomic E-state index is 12.8. The maximum Gasteiger partial charge on any atom is 0.303 e. The van der Waals surface area contributed by atoms with E-state index in [-0.39, 0.29) is 34.9 Å². The summed E-state index contributed by atoms with van der Waals surface area (Å²) in [6, 6.07) is 6.58. The lowest BCUT2D eigenvalue weighted by Crippen LogP contribution is -2.42. The smallest absolute Gasteiger partial charge is 0.303 e. The minimum atomic E-state index is -1.96. The number of carboxylic acids is 1. The minimum Gasteiger partial charge on any atom is -0.481 e. The number of benzene rings is 1. The van der Waals surface area contributed by atoms with E-state index in [1.807, 2.05) is 4.90 Å². The number of non-ortho nitro benzene ring substituents is 1. The molecule has 8 nitrogen and oxygen atoms in total. The van der Waals surface area contributed by atoms with Crippen molar-refractivity contribution in [3.8, 4) is 0 Å². The quantitative estimate of drug-likeness (QED) is 0.230. The summed E-state index contributed by atoms with van der Waals surface area (Å²) in [7, 11) is -1.96. The van der Waals surface area contributed by atoms with E-state index in [0.29, 0.717) is 39.0 Å². The topological polar surface area (TPSA) is 110 Å². The Morgan fingerprint density at radius 2 is 1.75 bits per heavy atom. The van der Waals surface area contributed by atoms with E-state index in [1.165, 1.54) is 12.1 Å². The van der Waals surface area contributed by atoms with Gasteiger partial charge in [-0.15, -0.1) is 0 Å². The van der Waals surface area contributed by atoms with Crippen molar-refractivity contribution in [2.75, 3.05) is 19.7 Å². The van der Waals surface area contributed by atoms with Gasteiger partial charge in [0.15, 0.2) is 8.32 Å². The molecule has 1 fully saturated rings. The van der Waals surface area contributed by atoms with Crippen LogP contribution in [0.3, 0.4) is 0 Å². The van der Waals surface area contributed by atoms with Gasteiger partial charge in [0.2, 0.25) is 5.91 Å². The summed E-state index contributed by atoms with van der Waals surface area (Å²) in [5, 5.41) is 19.9. The van der Waals surface area contributed by atoms with Gasteiger partial charge in [-0.25, -0.2) is 0 Å². The zero-order valence-corrected chi connectivity index (χ0v) is 20.8. The molecule has 0 aromatic heterocycles. The standard InChI is InChI=1S/C23H36N2O6Si/c1-23(2,3)32(4,5)31-16-18-14-24(21(26)8-6-7-9-22(27)28)15-20(18)17-10-12-19(13-11-17)25(29)30/h10-13,18,20H,6-9,14-16H2,1-5H3,(H,27,28). The predicted octanol–water partition coefficient (Wildman–Crippen LogP) is 4.80. The highest BCUT2D eigenvalue weighted by Gasteiger charge is 2.41. The summed E-state index contributed by atoms with van der Waals surface area (Å²) < 4.78 is 6.47. The van der Waals surface area contributed by atoms with Crippen LogP contribution in [0.2, 0.25) is 18.1 Å². The van der Waals surface area contributed by atoms with Crippen molar-refractivity contribution in [1.29, 1.82) is 0 Å². The molecule has 1 aromatic carbocycles. The summed E-state index contributed by atoms with van der Waals surface area (Å²) in [5.41, 5.74) is 1.02. The van der Waals surface area contributed by atoms with Gasteiger partial charge in [-0.05, 0) is 36.5 Å². The van der Waals surface area contributed by atoms with Crippen LogP contribution in [-0.4, -0.2) is 54.8 Å². The number of aliphatic carboxylic acids is 1. The molecule has 1 aliphatic heterocycles. The molecule has 1 amide bonds. The second-order valence-corrected chi connectivity index (χ2v) is 15.0. The van der Waals surface area contributed by atoms with Crippen molar-refractivity contribution >= 4 is 25.9 Å². The lowest BCUT2D eigenvalue weighted by atomic mass is 9.89. The van der Waals surface area contributed by atoms with E-state index in [4.69, 9.17) is 9.53 Å². The van der Waals surface area contributed by atoms with Gasteiger partial charge in [-0.2, -0.15) is 0 Å². The second-order valence-electron chi connectivity index (χ2n) is 10.2. The van der Waals surface area contributed by atoms with Crippen LogP contribution in [0.5, 0.6) is 0 Å². The normalized spacial score (nSPS) is 19.2. The fourth-order valence-electron chi connectivity index (χ4n) is 3.71. The molecule has 0 bridgehead atoms. The van der Waals surface area contributed by atoms with Crippen molar-refractivity contribution in [3.63, 3.8) is 0 Å². The number of nitro benzene ring substituents is 1. The highest BCUT2D eigenvalue weighted by molar-refractivity contribution is 6.74. The SMILES string of the molecule is CC(C)(C)[Si](C)(C)OCC1CN(C(=O)CCCCC(=O)O)CC1c1ccc([N+](=O)[O-])cc1. The van der Waals surface area contributed by atoms with Gasteiger partial charge in [0.25, 0.3) is 5.69 Å². The number of hydrogen-bond donors (Lipinski definition) is 1. The molecule has 1 N–H and O–H groups in total. The Bertz CT molecular complexity index is 819. The number of carboxylic acid groups (broad SMARTS) is 1. The molecular weight excluding hydrogens is 428 g/mol. The van der Waals surface area contributed by atoms with Gasteiger partial charge in [0, 0.05) is 56.5 Å². The largest absolute Gasteiger partial charge is 0.481 e. The van der Waals surface area contributed by atoms with Crippen LogP contribution in [0.15, 0.2) is 24.3 Å². The molecule has 1 aromatic rings. The molecule has 0 saturated carbocycles. The van der Waals surface area contributed by atoms with Gasteiger partial charge < -0.3 is 14.4 Å². The number of likely N-dealkylation sites (tertiary alicyclic amines) is 1. The molecule has 0 radical (unpaired) electrons. The van der Waals surface area contributed by atoms with Crippen LogP contribution in [0.25, 0.3) is 0 Å². The highest BCUT2D eigenvalue weighted by Crippen LogP contribution is 2.39. The van der Waals surface area contributed by atoms with E-state index in [9.17, 15) is 19.7 Å². The number of carbonyl (C=O) groups is 2. The van der Waals surface area contributed by atoms with Crippen LogP contribution in [0.1, 0.15) is 57.9 Å². The average Bonchev–Trinajstić information content (AvgIpc) is 3.13. The monoisotopic (exact) mass is 464 g/mol. The van der Waals surface area contributed by atoms with Crippen LogP contribution >= 0.6 is 0 Å². The van der Waals surface area contributed by atoms with Crippen molar-refractivity contribution in [1.82, 2.24) is 4.90 Å². The van der Waals surface area contributed by atoms with Crippen LogP contribution in [0.4, 0.5) is 5.69 Å². The van der Waals surface area contributed by atoms with Gasteiger partial charge in [0.1, 0.15) is 0 Å². The summed E-state index contributed by atoms with van der Waals surface area (Å²) in [5.74, 6) is -0.672. The number of hydrogen-bond acceptors (Lipinski definition) is 5. The second kappa shape index (κ2) is 10.6. The summed E-state index contributed by atoms with van der Waals surface area (Å²) >= 11 is 0. The number of nitrogens with zero attached hydrogens (tertiary/aromatic N) is 2. The molecular formula is C23H36N2O6Si. The lowest BCUT2D eigenvalue weighted by Gasteiger charge is -2.37. The zero-order valence-electron chi connectivity index (χ0n) is 19.8. The van der Waals surface area contributed by atoms with Gasteiger partial charge in [-0.1, -0.05) is 32.9 Å². The number of unbranched alkanes of at least 4 members (excludes halogenated alkanes) is 1. The first kappa shape index (κ1) is 26.0. The number of carbonyl (C=O) groups excluding carboxylic acids is 1. The minimum absolute atomic E-state index is 0.0251. The first-order valence-corrected chi connectivity index (χ1v) is 14.1. The number of nitro groups is 1. The number of rotatable bonds is 10.